The quantitative estimate of drug-likeness (QED) is 0.831. The minimum absolute atomic E-state index is 0.176. The van der Waals surface area contributed by atoms with Crippen LogP contribution >= 0.6 is 0 Å². The zero-order valence-corrected chi connectivity index (χ0v) is 11.6. The molecule has 1 heterocycles. The van der Waals surface area contributed by atoms with Gasteiger partial charge < -0.3 is 5.32 Å². The molecule has 1 fully saturated rings. The van der Waals surface area contributed by atoms with Crippen LogP contribution in [-0.4, -0.2) is 21.3 Å². The fourth-order valence-corrected chi connectivity index (χ4v) is 3.99. The molecule has 94 valence electrons. The monoisotopic (exact) mass is 251 g/mol. The van der Waals surface area contributed by atoms with Crippen molar-refractivity contribution < 1.29 is 4.21 Å². The maximum absolute atomic E-state index is 12.3. The van der Waals surface area contributed by atoms with E-state index >= 15 is 0 Å². The fraction of sp³-hybridized carbons (Fsp3) is 0.571. The lowest BCUT2D eigenvalue weighted by atomic mass is 10.0. The largest absolute Gasteiger partial charge is 0.309 e. The van der Waals surface area contributed by atoms with Gasteiger partial charge in [0.1, 0.15) is 0 Å². The summed E-state index contributed by atoms with van der Waals surface area (Å²) in [6.45, 7) is 7.23. The van der Waals surface area contributed by atoms with Crippen LogP contribution in [0.1, 0.15) is 37.4 Å². The summed E-state index contributed by atoms with van der Waals surface area (Å²) in [5.41, 5.74) is 2.52. The molecule has 1 aromatic rings. The molecule has 2 rings (SSSR count). The second kappa shape index (κ2) is 5.32. The third-order valence-electron chi connectivity index (χ3n) is 3.58. The van der Waals surface area contributed by atoms with Crippen LogP contribution in [-0.2, 0) is 10.8 Å². The third-order valence-corrected chi connectivity index (χ3v) is 5.62. The zero-order valence-electron chi connectivity index (χ0n) is 10.8. The van der Waals surface area contributed by atoms with Crippen molar-refractivity contribution in [2.75, 3.05) is 6.54 Å². The van der Waals surface area contributed by atoms with Crippen LogP contribution in [0.2, 0.25) is 0 Å². The number of aryl methyl sites for hydroxylation is 1. The van der Waals surface area contributed by atoms with Crippen LogP contribution in [0.15, 0.2) is 24.3 Å². The average Bonchev–Trinajstić information content (AvgIpc) is 2.44. The van der Waals surface area contributed by atoms with E-state index in [2.05, 4.69) is 50.4 Å². The minimum atomic E-state index is -0.745. The molecule has 0 aromatic heterocycles. The van der Waals surface area contributed by atoms with Crippen LogP contribution in [0.5, 0.6) is 0 Å². The van der Waals surface area contributed by atoms with Crippen LogP contribution < -0.4 is 5.32 Å². The first-order valence-corrected chi connectivity index (χ1v) is 7.56. The lowest BCUT2D eigenvalue weighted by Gasteiger charge is -2.23. The van der Waals surface area contributed by atoms with E-state index in [1.807, 2.05) is 0 Å². The van der Waals surface area contributed by atoms with E-state index in [4.69, 9.17) is 0 Å². The Bertz CT molecular complexity index is 401. The van der Waals surface area contributed by atoms with Gasteiger partial charge in [-0.2, -0.15) is 0 Å². The van der Waals surface area contributed by atoms with Crippen molar-refractivity contribution in [2.24, 2.45) is 0 Å². The predicted octanol–water partition coefficient (Wildman–Crippen LogP) is 2.56. The Labute approximate surface area is 106 Å². The van der Waals surface area contributed by atoms with Crippen molar-refractivity contribution in [2.45, 2.75) is 43.7 Å². The molecular weight excluding hydrogens is 230 g/mol. The molecule has 0 amide bonds. The SMILES string of the molecule is Cc1ccc(C2NCCC(C)S(=O)C2C)cc1. The summed E-state index contributed by atoms with van der Waals surface area (Å²) in [5.74, 6) is 0. The highest BCUT2D eigenvalue weighted by molar-refractivity contribution is 7.86. The summed E-state index contributed by atoms with van der Waals surface area (Å²) in [6.07, 6.45) is 0.999. The number of hydrogen-bond donors (Lipinski definition) is 1. The minimum Gasteiger partial charge on any atom is -0.309 e. The van der Waals surface area contributed by atoms with Crippen molar-refractivity contribution in [1.29, 1.82) is 0 Å². The van der Waals surface area contributed by atoms with Crippen molar-refractivity contribution in [3.05, 3.63) is 35.4 Å². The molecule has 1 saturated heterocycles. The van der Waals surface area contributed by atoms with Crippen molar-refractivity contribution in [3.8, 4) is 0 Å². The molecule has 0 aliphatic carbocycles. The molecular formula is C14H21NOS. The summed E-state index contributed by atoms with van der Waals surface area (Å²) in [4.78, 5) is 0. The van der Waals surface area contributed by atoms with Crippen molar-refractivity contribution in [3.63, 3.8) is 0 Å². The first-order valence-electron chi connectivity index (χ1n) is 6.29. The van der Waals surface area contributed by atoms with Crippen molar-refractivity contribution >= 4 is 10.8 Å². The molecule has 4 unspecified atom stereocenters. The molecule has 1 aliphatic heterocycles. The highest BCUT2D eigenvalue weighted by atomic mass is 32.2. The second-order valence-corrected chi connectivity index (χ2v) is 7.18. The Kier molecular flexibility index (Phi) is 4.00. The predicted molar refractivity (Wildman–Crippen MR) is 73.6 cm³/mol. The molecule has 0 radical (unpaired) electrons. The fourth-order valence-electron chi connectivity index (χ4n) is 2.39. The first-order chi connectivity index (χ1) is 8.09. The van der Waals surface area contributed by atoms with E-state index in [1.165, 1.54) is 11.1 Å². The Balaban J connectivity index is 2.25. The molecule has 0 bridgehead atoms. The molecule has 4 atom stereocenters. The van der Waals surface area contributed by atoms with E-state index in [0.717, 1.165) is 13.0 Å². The number of rotatable bonds is 1. The Morgan fingerprint density at radius 3 is 2.53 bits per heavy atom. The van der Waals surface area contributed by atoms with Gasteiger partial charge in [0.25, 0.3) is 0 Å². The van der Waals surface area contributed by atoms with Gasteiger partial charge in [-0.1, -0.05) is 36.8 Å². The number of benzene rings is 1. The lowest BCUT2D eigenvalue weighted by Crippen LogP contribution is -2.31. The van der Waals surface area contributed by atoms with Gasteiger partial charge in [0.15, 0.2) is 0 Å². The van der Waals surface area contributed by atoms with Gasteiger partial charge >= 0.3 is 0 Å². The molecule has 3 heteroatoms. The summed E-state index contributed by atoms with van der Waals surface area (Å²) in [6, 6.07) is 8.77. The van der Waals surface area contributed by atoms with Gasteiger partial charge in [0, 0.05) is 22.1 Å². The summed E-state index contributed by atoms with van der Waals surface area (Å²) in [7, 11) is -0.745. The zero-order chi connectivity index (χ0) is 12.4. The standard InChI is InChI=1S/C14H21NOS/c1-10-4-6-13(7-5-10)14-12(3)17(16)11(2)8-9-15-14/h4-7,11-12,14-15H,8-9H2,1-3H3. The Hall–Kier alpha value is -0.670. The highest BCUT2D eigenvalue weighted by Gasteiger charge is 2.29. The second-order valence-electron chi connectivity index (χ2n) is 4.98. The van der Waals surface area contributed by atoms with Crippen molar-refractivity contribution in [1.82, 2.24) is 5.32 Å². The Morgan fingerprint density at radius 1 is 1.24 bits per heavy atom. The summed E-state index contributed by atoms with van der Waals surface area (Å²) in [5, 5.41) is 4.01. The van der Waals surface area contributed by atoms with E-state index < -0.39 is 10.8 Å². The molecule has 0 spiro atoms. The maximum Gasteiger partial charge on any atom is 0.0517 e. The van der Waals surface area contributed by atoms with Crippen LogP contribution in [0.3, 0.4) is 0 Å². The molecule has 2 nitrogen and oxygen atoms in total. The molecule has 1 aliphatic rings. The molecule has 0 saturated carbocycles. The lowest BCUT2D eigenvalue weighted by molar-refractivity contribution is 0.531. The molecule has 1 N–H and O–H groups in total. The van der Waals surface area contributed by atoms with Gasteiger partial charge in [-0.25, -0.2) is 0 Å². The van der Waals surface area contributed by atoms with E-state index in [0.29, 0.717) is 5.25 Å². The third kappa shape index (κ3) is 2.78. The summed E-state index contributed by atoms with van der Waals surface area (Å²) < 4.78 is 12.3. The van der Waals surface area contributed by atoms with Gasteiger partial charge in [0.2, 0.25) is 0 Å². The van der Waals surface area contributed by atoms with Crippen LogP contribution in [0.25, 0.3) is 0 Å². The highest BCUT2D eigenvalue weighted by Crippen LogP contribution is 2.26. The average molecular weight is 251 g/mol. The molecule has 1 aromatic carbocycles. The number of hydrogen-bond acceptors (Lipinski definition) is 2. The summed E-state index contributed by atoms with van der Waals surface area (Å²) >= 11 is 0. The van der Waals surface area contributed by atoms with Crippen LogP contribution in [0, 0.1) is 6.92 Å². The molecule has 17 heavy (non-hydrogen) atoms. The van der Waals surface area contributed by atoms with E-state index in [1.54, 1.807) is 0 Å². The van der Waals surface area contributed by atoms with Gasteiger partial charge in [-0.15, -0.1) is 0 Å². The first kappa shape index (κ1) is 12.8. The number of nitrogens with one attached hydrogen (secondary N) is 1. The Morgan fingerprint density at radius 2 is 1.88 bits per heavy atom. The van der Waals surface area contributed by atoms with Gasteiger partial charge in [0.05, 0.1) is 5.25 Å². The van der Waals surface area contributed by atoms with Gasteiger partial charge in [-0.3, -0.25) is 4.21 Å². The van der Waals surface area contributed by atoms with Crippen LogP contribution in [0.4, 0.5) is 0 Å². The van der Waals surface area contributed by atoms with E-state index in [-0.39, 0.29) is 11.3 Å². The normalized spacial score (nSPS) is 34.3. The topological polar surface area (TPSA) is 29.1 Å². The van der Waals surface area contributed by atoms with Gasteiger partial charge in [-0.05, 0) is 32.4 Å². The maximum atomic E-state index is 12.3. The smallest absolute Gasteiger partial charge is 0.0517 e. The van der Waals surface area contributed by atoms with E-state index in [9.17, 15) is 4.21 Å².